The van der Waals surface area contributed by atoms with E-state index in [0.29, 0.717) is 23.0 Å². The molecule has 2 heterocycles. The molecular weight excluding hydrogens is 270 g/mol. The molecule has 0 radical (unpaired) electrons. The van der Waals surface area contributed by atoms with Crippen molar-refractivity contribution in [3.05, 3.63) is 32.7 Å². The lowest BCUT2D eigenvalue weighted by Crippen LogP contribution is -2.03. The SMILES string of the molecule is CCCc1cc(Cl)n(-c2c(CC)n[nH]c2[N+](=O)[O-])n1. The molecule has 0 unspecified atom stereocenters. The van der Waals surface area contributed by atoms with Gasteiger partial charge in [-0.3, -0.25) is 0 Å². The van der Waals surface area contributed by atoms with Crippen molar-refractivity contribution in [1.29, 1.82) is 0 Å². The fraction of sp³-hybridized carbons (Fsp3) is 0.455. The van der Waals surface area contributed by atoms with Gasteiger partial charge in [0.05, 0.1) is 5.69 Å². The molecule has 2 aromatic heterocycles. The van der Waals surface area contributed by atoms with Crippen molar-refractivity contribution < 1.29 is 4.92 Å². The number of nitrogens with one attached hydrogen (secondary N) is 1. The first-order chi connectivity index (χ1) is 9.08. The van der Waals surface area contributed by atoms with Crippen LogP contribution in [-0.2, 0) is 12.8 Å². The Bertz CT molecular complexity index is 604. The van der Waals surface area contributed by atoms with Gasteiger partial charge in [-0.2, -0.15) is 5.10 Å². The number of hydrogen-bond acceptors (Lipinski definition) is 4. The van der Waals surface area contributed by atoms with Crippen molar-refractivity contribution in [3.8, 4) is 5.69 Å². The second-order valence-electron chi connectivity index (χ2n) is 4.10. The molecule has 19 heavy (non-hydrogen) atoms. The number of nitrogens with zero attached hydrogens (tertiary/aromatic N) is 4. The van der Waals surface area contributed by atoms with E-state index < -0.39 is 4.92 Å². The molecule has 0 aliphatic rings. The largest absolute Gasteiger partial charge is 0.368 e. The smallest absolute Gasteiger partial charge is 0.358 e. The third kappa shape index (κ3) is 2.46. The Morgan fingerprint density at radius 2 is 2.26 bits per heavy atom. The third-order valence-electron chi connectivity index (χ3n) is 2.75. The fourth-order valence-corrected chi connectivity index (χ4v) is 2.15. The number of H-pyrrole nitrogens is 1. The highest BCUT2D eigenvalue weighted by molar-refractivity contribution is 6.29. The average Bonchev–Trinajstić information content (AvgIpc) is 2.92. The van der Waals surface area contributed by atoms with E-state index in [2.05, 4.69) is 15.3 Å². The van der Waals surface area contributed by atoms with Gasteiger partial charge in [0.1, 0.15) is 10.8 Å². The van der Waals surface area contributed by atoms with E-state index in [9.17, 15) is 10.1 Å². The summed E-state index contributed by atoms with van der Waals surface area (Å²) in [4.78, 5) is 10.5. The van der Waals surface area contributed by atoms with Gasteiger partial charge in [-0.15, -0.1) is 5.10 Å². The van der Waals surface area contributed by atoms with E-state index in [4.69, 9.17) is 11.6 Å². The second kappa shape index (κ2) is 5.40. The lowest BCUT2D eigenvalue weighted by atomic mass is 10.3. The topological polar surface area (TPSA) is 89.6 Å². The molecule has 7 nitrogen and oxygen atoms in total. The van der Waals surface area contributed by atoms with Crippen LogP contribution in [0.1, 0.15) is 31.7 Å². The van der Waals surface area contributed by atoms with Crippen LogP contribution in [0.4, 0.5) is 5.82 Å². The summed E-state index contributed by atoms with van der Waals surface area (Å²) in [6, 6.07) is 1.72. The number of aryl methyl sites for hydroxylation is 2. The van der Waals surface area contributed by atoms with Gasteiger partial charge >= 0.3 is 5.82 Å². The zero-order chi connectivity index (χ0) is 14.0. The van der Waals surface area contributed by atoms with Crippen LogP contribution in [-0.4, -0.2) is 24.9 Å². The Balaban J connectivity index is 2.56. The summed E-state index contributed by atoms with van der Waals surface area (Å²) < 4.78 is 1.38. The molecule has 0 saturated heterocycles. The number of hydrogen-bond donors (Lipinski definition) is 1. The molecule has 1 N–H and O–H groups in total. The standard InChI is InChI=1S/C11H14ClN5O2/c1-3-5-7-6-9(12)16(15-7)10-8(4-2)13-14-11(10)17(18)19/h6H,3-5H2,1-2H3,(H,13,14). The lowest BCUT2D eigenvalue weighted by Gasteiger charge is -2.02. The Kier molecular flexibility index (Phi) is 3.84. The predicted molar refractivity (Wildman–Crippen MR) is 70.7 cm³/mol. The van der Waals surface area contributed by atoms with Crippen LogP contribution >= 0.6 is 11.6 Å². The molecule has 102 valence electrons. The van der Waals surface area contributed by atoms with Crippen LogP contribution in [0.25, 0.3) is 5.69 Å². The molecule has 0 spiro atoms. The predicted octanol–water partition coefficient (Wildman–Crippen LogP) is 2.67. The third-order valence-corrected chi connectivity index (χ3v) is 3.02. The quantitative estimate of drug-likeness (QED) is 0.675. The zero-order valence-electron chi connectivity index (χ0n) is 10.7. The van der Waals surface area contributed by atoms with Crippen molar-refractivity contribution in [1.82, 2.24) is 20.0 Å². The fourth-order valence-electron chi connectivity index (χ4n) is 1.90. The van der Waals surface area contributed by atoms with E-state index in [1.54, 1.807) is 6.07 Å². The van der Waals surface area contributed by atoms with Gasteiger partial charge in [-0.1, -0.05) is 37.0 Å². The molecule has 0 aliphatic carbocycles. The summed E-state index contributed by atoms with van der Waals surface area (Å²) in [5, 5.41) is 22.0. The number of aromatic nitrogens is 4. The molecule has 0 aromatic carbocycles. The first kappa shape index (κ1) is 13.5. The summed E-state index contributed by atoms with van der Waals surface area (Å²) >= 11 is 6.11. The molecule has 0 bridgehead atoms. The highest BCUT2D eigenvalue weighted by Gasteiger charge is 2.25. The van der Waals surface area contributed by atoms with Crippen LogP contribution in [0, 0.1) is 10.1 Å². The van der Waals surface area contributed by atoms with E-state index in [-0.39, 0.29) is 5.82 Å². The molecule has 0 amide bonds. The highest BCUT2D eigenvalue weighted by Crippen LogP contribution is 2.27. The minimum atomic E-state index is -0.515. The minimum absolute atomic E-state index is 0.190. The van der Waals surface area contributed by atoms with Gasteiger partial charge in [0.15, 0.2) is 5.69 Å². The van der Waals surface area contributed by atoms with Crippen molar-refractivity contribution in [2.24, 2.45) is 0 Å². The van der Waals surface area contributed by atoms with Gasteiger partial charge in [0.25, 0.3) is 0 Å². The van der Waals surface area contributed by atoms with E-state index in [1.807, 2.05) is 13.8 Å². The maximum absolute atomic E-state index is 11.0. The summed E-state index contributed by atoms with van der Waals surface area (Å²) in [6.45, 7) is 3.90. The highest BCUT2D eigenvalue weighted by atomic mass is 35.5. The first-order valence-corrected chi connectivity index (χ1v) is 6.42. The van der Waals surface area contributed by atoms with Crippen LogP contribution in [0.15, 0.2) is 6.07 Å². The molecule has 0 saturated carbocycles. The summed E-state index contributed by atoms with van der Waals surface area (Å²) in [7, 11) is 0. The van der Waals surface area contributed by atoms with Crippen LogP contribution in [0.2, 0.25) is 5.15 Å². The lowest BCUT2D eigenvalue weighted by molar-refractivity contribution is -0.389. The first-order valence-electron chi connectivity index (χ1n) is 6.04. The maximum Gasteiger partial charge on any atom is 0.368 e. The zero-order valence-corrected chi connectivity index (χ0v) is 11.4. The van der Waals surface area contributed by atoms with Crippen LogP contribution in [0.5, 0.6) is 0 Å². The average molecular weight is 284 g/mol. The van der Waals surface area contributed by atoms with Gasteiger partial charge in [0, 0.05) is 0 Å². The Morgan fingerprint density at radius 3 is 2.84 bits per heavy atom. The number of halogens is 1. The number of aromatic amines is 1. The molecule has 0 atom stereocenters. The van der Waals surface area contributed by atoms with Crippen molar-refractivity contribution in [2.75, 3.05) is 0 Å². The minimum Gasteiger partial charge on any atom is -0.358 e. The molecule has 0 aliphatic heterocycles. The number of nitro groups is 1. The molecular formula is C11H14ClN5O2. The van der Waals surface area contributed by atoms with E-state index in [0.717, 1.165) is 18.5 Å². The molecule has 2 aromatic rings. The van der Waals surface area contributed by atoms with Gasteiger partial charge in [0.2, 0.25) is 0 Å². The summed E-state index contributed by atoms with van der Waals surface area (Å²) in [5.74, 6) is -0.190. The molecule has 2 rings (SSSR count). The van der Waals surface area contributed by atoms with Gasteiger partial charge in [-0.25, -0.2) is 4.68 Å². The number of rotatable bonds is 5. The molecule has 8 heteroatoms. The second-order valence-corrected chi connectivity index (χ2v) is 4.49. The van der Waals surface area contributed by atoms with Crippen molar-refractivity contribution in [3.63, 3.8) is 0 Å². The Morgan fingerprint density at radius 1 is 1.53 bits per heavy atom. The van der Waals surface area contributed by atoms with E-state index in [1.165, 1.54) is 4.68 Å². The van der Waals surface area contributed by atoms with Crippen molar-refractivity contribution >= 4 is 17.4 Å². The summed E-state index contributed by atoms with van der Waals surface area (Å²) in [5.41, 5.74) is 1.70. The van der Waals surface area contributed by atoms with Gasteiger partial charge < -0.3 is 10.1 Å². The van der Waals surface area contributed by atoms with Crippen LogP contribution in [0.3, 0.4) is 0 Å². The Labute approximate surface area is 114 Å². The summed E-state index contributed by atoms with van der Waals surface area (Å²) in [6.07, 6.45) is 2.26. The monoisotopic (exact) mass is 283 g/mol. The van der Waals surface area contributed by atoms with Crippen LogP contribution < -0.4 is 0 Å². The Hall–Kier alpha value is -1.89. The normalized spacial score (nSPS) is 10.9. The maximum atomic E-state index is 11.0. The van der Waals surface area contributed by atoms with Gasteiger partial charge in [-0.05, 0) is 23.8 Å². The van der Waals surface area contributed by atoms with Crippen molar-refractivity contribution in [2.45, 2.75) is 33.1 Å². The molecule has 0 fully saturated rings. The van der Waals surface area contributed by atoms with E-state index >= 15 is 0 Å².